The summed E-state index contributed by atoms with van der Waals surface area (Å²) >= 11 is 0. The van der Waals surface area contributed by atoms with Gasteiger partial charge >= 0.3 is 6.09 Å². The van der Waals surface area contributed by atoms with E-state index in [0.29, 0.717) is 5.92 Å². The highest BCUT2D eigenvalue weighted by Crippen LogP contribution is 2.22. The minimum Gasteiger partial charge on any atom is -0.444 e. The molecule has 118 valence electrons. The van der Waals surface area contributed by atoms with Crippen LogP contribution < -0.4 is 5.32 Å². The molecule has 1 aliphatic rings. The number of carbonyl (C=O) groups is 1. The molecular formula is C15H30N2O3. The number of rotatable bonds is 4. The van der Waals surface area contributed by atoms with Crippen molar-refractivity contribution in [3.05, 3.63) is 0 Å². The van der Waals surface area contributed by atoms with Crippen molar-refractivity contribution in [1.82, 2.24) is 10.2 Å². The van der Waals surface area contributed by atoms with Gasteiger partial charge in [0.1, 0.15) is 5.60 Å². The Balaban J connectivity index is 2.47. The van der Waals surface area contributed by atoms with Crippen molar-refractivity contribution < 1.29 is 14.6 Å². The number of hydrogen-bond acceptors (Lipinski definition) is 4. The Labute approximate surface area is 122 Å². The number of nitrogens with one attached hydrogen (secondary N) is 1. The van der Waals surface area contributed by atoms with Crippen molar-refractivity contribution in [3.63, 3.8) is 0 Å². The van der Waals surface area contributed by atoms with E-state index in [2.05, 4.69) is 10.2 Å². The van der Waals surface area contributed by atoms with E-state index in [1.807, 2.05) is 34.7 Å². The topological polar surface area (TPSA) is 61.8 Å². The van der Waals surface area contributed by atoms with Crippen LogP contribution in [0.15, 0.2) is 0 Å². The van der Waals surface area contributed by atoms with Gasteiger partial charge in [-0.25, -0.2) is 4.79 Å². The lowest BCUT2D eigenvalue weighted by Gasteiger charge is -2.37. The molecule has 3 unspecified atom stereocenters. The normalized spacial score (nSPS) is 26.1. The maximum Gasteiger partial charge on any atom is 0.407 e. The van der Waals surface area contributed by atoms with Crippen molar-refractivity contribution in [3.8, 4) is 0 Å². The first-order valence-electron chi connectivity index (χ1n) is 7.55. The van der Waals surface area contributed by atoms with Crippen LogP contribution in [0.2, 0.25) is 0 Å². The fourth-order valence-electron chi connectivity index (χ4n) is 2.74. The average molecular weight is 286 g/mol. The average Bonchev–Trinajstić information content (AvgIpc) is 2.24. The van der Waals surface area contributed by atoms with E-state index in [-0.39, 0.29) is 18.2 Å². The molecule has 0 saturated carbocycles. The van der Waals surface area contributed by atoms with E-state index in [1.54, 1.807) is 0 Å². The van der Waals surface area contributed by atoms with Crippen LogP contribution in [0.4, 0.5) is 4.79 Å². The van der Waals surface area contributed by atoms with E-state index < -0.39 is 5.60 Å². The minimum atomic E-state index is -0.470. The molecule has 0 aromatic carbocycles. The Bertz CT molecular complexity index is 315. The van der Waals surface area contributed by atoms with Crippen molar-refractivity contribution in [1.29, 1.82) is 0 Å². The van der Waals surface area contributed by atoms with E-state index >= 15 is 0 Å². The summed E-state index contributed by atoms with van der Waals surface area (Å²) in [5, 5.41) is 12.7. The number of piperidine rings is 1. The third-order valence-corrected chi connectivity index (χ3v) is 3.52. The maximum absolute atomic E-state index is 11.8. The Morgan fingerprint density at radius 2 is 2.10 bits per heavy atom. The number of nitrogens with zero attached hydrogens (tertiary/aromatic N) is 1. The van der Waals surface area contributed by atoms with Crippen LogP contribution in [0, 0.1) is 5.92 Å². The Hall–Kier alpha value is -0.810. The summed E-state index contributed by atoms with van der Waals surface area (Å²) in [5.41, 5.74) is -0.470. The van der Waals surface area contributed by atoms with Crippen LogP contribution in [-0.2, 0) is 4.74 Å². The monoisotopic (exact) mass is 286 g/mol. The number of likely N-dealkylation sites (N-methyl/N-ethyl adjacent to an activating group) is 1. The van der Waals surface area contributed by atoms with Crippen LogP contribution >= 0.6 is 0 Å². The molecule has 0 radical (unpaired) electrons. The fraction of sp³-hybridized carbons (Fsp3) is 0.933. The number of alkyl carbamates (subject to hydrolysis) is 1. The predicted molar refractivity (Wildman–Crippen MR) is 79.7 cm³/mol. The molecule has 0 aliphatic carbocycles. The molecule has 1 amide bonds. The molecule has 0 aromatic rings. The van der Waals surface area contributed by atoms with Crippen LogP contribution in [0.5, 0.6) is 0 Å². The molecule has 1 heterocycles. The summed E-state index contributed by atoms with van der Waals surface area (Å²) < 4.78 is 5.30. The molecule has 1 rings (SSSR count). The zero-order valence-corrected chi connectivity index (χ0v) is 13.5. The lowest BCUT2D eigenvalue weighted by molar-refractivity contribution is 0.0438. The van der Waals surface area contributed by atoms with Gasteiger partial charge in [-0.2, -0.15) is 0 Å². The number of hydrogen-bond donors (Lipinski definition) is 2. The lowest BCUT2D eigenvalue weighted by Crippen LogP contribution is -2.50. The summed E-state index contributed by atoms with van der Waals surface area (Å²) in [6.07, 6.45) is 1.89. The molecule has 2 N–H and O–H groups in total. The zero-order valence-electron chi connectivity index (χ0n) is 13.5. The van der Waals surface area contributed by atoms with Crippen LogP contribution in [0.3, 0.4) is 0 Å². The second-order valence-electron chi connectivity index (χ2n) is 6.96. The maximum atomic E-state index is 11.8. The standard InChI is InChI=1S/C15H30N2O3/c1-6-13(18)8-11-7-12(10-17(5)9-11)16-14(19)20-15(2,3)4/h11-13,18H,6-10H2,1-5H3,(H,16,19). The fourth-order valence-corrected chi connectivity index (χ4v) is 2.74. The van der Waals surface area contributed by atoms with Gasteiger partial charge < -0.3 is 20.1 Å². The van der Waals surface area contributed by atoms with Crippen LogP contribution in [0.25, 0.3) is 0 Å². The van der Waals surface area contributed by atoms with Gasteiger partial charge in [-0.1, -0.05) is 6.92 Å². The van der Waals surface area contributed by atoms with E-state index in [1.165, 1.54) is 0 Å². The van der Waals surface area contributed by atoms with Gasteiger partial charge in [-0.05, 0) is 53.0 Å². The van der Waals surface area contributed by atoms with Crippen molar-refractivity contribution in [2.75, 3.05) is 20.1 Å². The highest BCUT2D eigenvalue weighted by molar-refractivity contribution is 5.68. The molecule has 20 heavy (non-hydrogen) atoms. The van der Waals surface area contributed by atoms with Crippen molar-refractivity contribution in [2.45, 2.75) is 64.7 Å². The summed E-state index contributed by atoms with van der Waals surface area (Å²) in [6, 6.07) is 0.0951. The highest BCUT2D eigenvalue weighted by atomic mass is 16.6. The Morgan fingerprint density at radius 3 is 2.65 bits per heavy atom. The molecule has 0 bridgehead atoms. The van der Waals surface area contributed by atoms with Gasteiger partial charge in [0.15, 0.2) is 0 Å². The molecule has 0 spiro atoms. The first-order chi connectivity index (χ1) is 9.19. The number of aliphatic hydroxyl groups is 1. The van der Waals surface area contributed by atoms with Crippen molar-refractivity contribution in [2.24, 2.45) is 5.92 Å². The SMILES string of the molecule is CCC(O)CC1CC(NC(=O)OC(C)(C)C)CN(C)C1. The number of carbonyl (C=O) groups excluding carboxylic acids is 1. The lowest BCUT2D eigenvalue weighted by atomic mass is 9.89. The van der Waals surface area contributed by atoms with Crippen LogP contribution in [-0.4, -0.2) is 54.0 Å². The molecule has 3 atom stereocenters. The van der Waals surface area contributed by atoms with Gasteiger partial charge in [0.05, 0.1) is 6.10 Å². The number of amides is 1. The minimum absolute atomic E-state index is 0.0951. The third-order valence-electron chi connectivity index (χ3n) is 3.52. The first-order valence-corrected chi connectivity index (χ1v) is 7.55. The number of ether oxygens (including phenoxy) is 1. The molecule has 1 fully saturated rings. The summed E-state index contributed by atoms with van der Waals surface area (Å²) in [7, 11) is 2.05. The molecule has 5 heteroatoms. The van der Waals surface area contributed by atoms with Crippen molar-refractivity contribution >= 4 is 6.09 Å². The Kier molecular flexibility index (Phi) is 6.27. The predicted octanol–water partition coefficient (Wildman–Crippen LogP) is 1.99. The van der Waals surface area contributed by atoms with E-state index in [0.717, 1.165) is 32.4 Å². The summed E-state index contributed by atoms with van der Waals surface area (Å²) in [5.74, 6) is 0.420. The number of aliphatic hydroxyl groups excluding tert-OH is 1. The van der Waals surface area contributed by atoms with Gasteiger partial charge in [0.25, 0.3) is 0 Å². The van der Waals surface area contributed by atoms with Gasteiger partial charge in [-0.15, -0.1) is 0 Å². The second kappa shape index (κ2) is 7.27. The van der Waals surface area contributed by atoms with Gasteiger partial charge in [-0.3, -0.25) is 0 Å². The molecule has 5 nitrogen and oxygen atoms in total. The molecule has 0 aromatic heterocycles. The summed E-state index contributed by atoms with van der Waals surface area (Å²) in [4.78, 5) is 14.0. The van der Waals surface area contributed by atoms with E-state index in [9.17, 15) is 9.90 Å². The smallest absolute Gasteiger partial charge is 0.407 e. The number of likely N-dealkylation sites (tertiary alicyclic amines) is 1. The molecular weight excluding hydrogens is 256 g/mol. The summed E-state index contributed by atoms with van der Waals surface area (Å²) in [6.45, 7) is 9.38. The quantitative estimate of drug-likeness (QED) is 0.829. The van der Waals surface area contributed by atoms with E-state index in [4.69, 9.17) is 4.74 Å². The first kappa shape index (κ1) is 17.2. The Morgan fingerprint density at radius 1 is 1.45 bits per heavy atom. The zero-order chi connectivity index (χ0) is 15.3. The van der Waals surface area contributed by atoms with Gasteiger partial charge in [0.2, 0.25) is 0 Å². The second-order valence-corrected chi connectivity index (χ2v) is 6.96. The van der Waals surface area contributed by atoms with Gasteiger partial charge in [0, 0.05) is 19.1 Å². The van der Waals surface area contributed by atoms with Crippen LogP contribution in [0.1, 0.15) is 47.0 Å². The molecule has 1 aliphatic heterocycles. The molecule has 1 saturated heterocycles. The highest BCUT2D eigenvalue weighted by Gasteiger charge is 2.28. The third kappa shape index (κ3) is 6.57. The largest absolute Gasteiger partial charge is 0.444 e.